The van der Waals surface area contributed by atoms with E-state index in [0.29, 0.717) is 6.92 Å². The van der Waals surface area contributed by atoms with Gasteiger partial charge in [0.25, 0.3) is 0 Å². The van der Waals surface area contributed by atoms with Crippen molar-refractivity contribution in [2.24, 2.45) is 0 Å². The minimum atomic E-state index is -4.27. The quantitative estimate of drug-likeness (QED) is 0.484. The molecule has 0 N–H and O–H groups in total. The number of halogens is 2. The molecule has 7 heteroatoms. The standard InChI is InChI=1S/C8H13F2O4P/c1-4-6-12-15(11,13-7-5-2)14-8(3,9)10/h4-5H,1-2,6-7H2,3H3. The monoisotopic (exact) mass is 242 g/mol. The fourth-order valence-corrected chi connectivity index (χ4v) is 1.72. The van der Waals surface area contributed by atoms with Gasteiger partial charge in [-0.25, -0.2) is 9.09 Å². The molecule has 0 spiro atoms. The molecule has 0 heterocycles. The summed E-state index contributed by atoms with van der Waals surface area (Å²) in [4.78, 5) is 0. The number of phosphoric acid groups is 1. The van der Waals surface area contributed by atoms with Crippen molar-refractivity contribution in [2.75, 3.05) is 13.2 Å². The van der Waals surface area contributed by atoms with Crippen LogP contribution in [0.2, 0.25) is 0 Å². The molecule has 4 nitrogen and oxygen atoms in total. The van der Waals surface area contributed by atoms with Crippen molar-refractivity contribution in [1.29, 1.82) is 0 Å². The number of alkyl halides is 2. The maximum Gasteiger partial charge on any atom is 0.480 e. The SMILES string of the molecule is C=CCOP(=O)(OCC=C)OC(C)(F)F. The third-order valence-corrected chi connectivity index (χ3v) is 2.45. The molecule has 0 unspecified atom stereocenters. The Morgan fingerprint density at radius 1 is 1.27 bits per heavy atom. The van der Waals surface area contributed by atoms with E-state index in [1.165, 1.54) is 12.2 Å². The lowest BCUT2D eigenvalue weighted by atomic mass is 10.7. The number of hydrogen-bond donors (Lipinski definition) is 0. The summed E-state index contributed by atoms with van der Waals surface area (Å²) in [5, 5.41) is 0. The molecule has 0 aliphatic carbocycles. The lowest BCUT2D eigenvalue weighted by Gasteiger charge is -2.19. The Balaban J connectivity index is 4.46. The van der Waals surface area contributed by atoms with Crippen LogP contribution >= 0.6 is 7.82 Å². The Bertz CT molecular complexity index is 246. The van der Waals surface area contributed by atoms with Crippen LogP contribution < -0.4 is 0 Å². The second-order valence-electron chi connectivity index (χ2n) is 2.52. The Morgan fingerprint density at radius 2 is 1.67 bits per heavy atom. The normalized spacial score (nSPS) is 12.5. The zero-order valence-electron chi connectivity index (χ0n) is 8.32. The molecule has 0 amide bonds. The van der Waals surface area contributed by atoms with Crippen molar-refractivity contribution >= 4 is 7.82 Å². The summed E-state index contributed by atoms with van der Waals surface area (Å²) in [5.74, 6) is 0. The number of rotatable bonds is 8. The first-order chi connectivity index (χ1) is 6.83. The Labute approximate surface area is 87.1 Å². The van der Waals surface area contributed by atoms with Crippen LogP contribution in [0.1, 0.15) is 6.92 Å². The molecule has 0 saturated carbocycles. The lowest BCUT2D eigenvalue weighted by Crippen LogP contribution is -2.16. The van der Waals surface area contributed by atoms with E-state index in [1.807, 2.05) is 0 Å². The molecule has 0 bridgehead atoms. The van der Waals surface area contributed by atoms with Crippen LogP contribution in [-0.4, -0.2) is 19.3 Å². The van der Waals surface area contributed by atoms with E-state index < -0.39 is 13.9 Å². The van der Waals surface area contributed by atoms with E-state index in [0.717, 1.165) is 0 Å². The van der Waals surface area contributed by atoms with E-state index in [9.17, 15) is 13.3 Å². The zero-order valence-corrected chi connectivity index (χ0v) is 9.21. The predicted octanol–water partition coefficient (Wildman–Crippen LogP) is 3.13. The summed E-state index contributed by atoms with van der Waals surface area (Å²) in [5.41, 5.74) is 0. The van der Waals surface area contributed by atoms with Crippen LogP contribution in [-0.2, 0) is 18.1 Å². The molecule has 88 valence electrons. The summed E-state index contributed by atoms with van der Waals surface area (Å²) in [7, 11) is -4.27. The molecule has 0 aromatic heterocycles. The second-order valence-corrected chi connectivity index (χ2v) is 4.11. The van der Waals surface area contributed by atoms with Gasteiger partial charge < -0.3 is 0 Å². The van der Waals surface area contributed by atoms with Gasteiger partial charge in [-0.1, -0.05) is 12.2 Å². The van der Waals surface area contributed by atoms with Crippen molar-refractivity contribution < 1.29 is 26.9 Å². The molecule has 0 aromatic carbocycles. The van der Waals surface area contributed by atoms with Gasteiger partial charge in [0.05, 0.1) is 13.2 Å². The van der Waals surface area contributed by atoms with Crippen molar-refractivity contribution in [3.05, 3.63) is 25.3 Å². The topological polar surface area (TPSA) is 44.8 Å². The highest BCUT2D eigenvalue weighted by atomic mass is 31.2. The van der Waals surface area contributed by atoms with Crippen LogP contribution in [0.5, 0.6) is 0 Å². The summed E-state index contributed by atoms with van der Waals surface area (Å²) < 4.78 is 49.4. The second kappa shape index (κ2) is 6.12. The summed E-state index contributed by atoms with van der Waals surface area (Å²) in [6.45, 7) is 6.55. The maximum atomic E-state index is 12.5. The third-order valence-electron chi connectivity index (χ3n) is 0.973. The molecule has 0 aromatic rings. The summed E-state index contributed by atoms with van der Waals surface area (Å²) in [6, 6.07) is 0. The molecule has 0 aliphatic heterocycles. The van der Waals surface area contributed by atoms with Gasteiger partial charge in [-0.2, -0.15) is 8.78 Å². The lowest BCUT2D eigenvalue weighted by molar-refractivity contribution is -0.173. The highest BCUT2D eigenvalue weighted by Crippen LogP contribution is 2.53. The minimum Gasteiger partial charge on any atom is -0.283 e. The summed E-state index contributed by atoms with van der Waals surface area (Å²) >= 11 is 0. The van der Waals surface area contributed by atoms with Crippen LogP contribution in [0.15, 0.2) is 25.3 Å². The van der Waals surface area contributed by atoms with Crippen molar-refractivity contribution in [2.45, 2.75) is 13.0 Å². The van der Waals surface area contributed by atoms with E-state index in [4.69, 9.17) is 0 Å². The fraction of sp³-hybridized carbons (Fsp3) is 0.500. The smallest absolute Gasteiger partial charge is 0.283 e. The van der Waals surface area contributed by atoms with Crippen LogP contribution in [0.4, 0.5) is 8.78 Å². The van der Waals surface area contributed by atoms with Gasteiger partial charge in [0.2, 0.25) is 0 Å². The van der Waals surface area contributed by atoms with Crippen molar-refractivity contribution in [3.8, 4) is 0 Å². The number of phosphoric ester groups is 1. The third kappa shape index (κ3) is 7.39. The van der Waals surface area contributed by atoms with Crippen molar-refractivity contribution in [3.63, 3.8) is 0 Å². The van der Waals surface area contributed by atoms with E-state index in [1.54, 1.807) is 0 Å². The fourth-order valence-electron chi connectivity index (χ4n) is 0.574. The molecule has 0 rings (SSSR count). The molecule has 0 radical (unpaired) electrons. The minimum absolute atomic E-state index is 0.218. The van der Waals surface area contributed by atoms with Gasteiger partial charge in [-0.05, 0) is 0 Å². The molecule has 0 fully saturated rings. The Hall–Kier alpha value is -0.550. The predicted molar refractivity (Wildman–Crippen MR) is 51.6 cm³/mol. The first kappa shape index (κ1) is 14.5. The molecular formula is C8H13F2O4P. The van der Waals surface area contributed by atoms with Gasteiger partial charge in [-0.3, -0.25) is 9.05 Å². The molecule has 0 aliphatic rings. The first-order valence-electron chi connectivity index (χ1n) is 4.02. The zero-order chi connectivity index (χ0) is 11.9. The van der Waals surface area contributed by atoms with Crippen LogP contribution in [0.25, 0.3) is 0 Å². The van der Waals surface area contributed by atoms with Gasteiger partial charge in [-0.15, -0.1) is 13.2 Å². The van der Waals surface area contributed by atoms with Gasteiger partial charge in [0, 0.05) is 6.92 Å². The Morgan fingerprint density at radius 3 is 1.93 bits per heavy atom. The Kier molecular flexibility index (Phi) is 5.90. The van der Waals surface area contributed by atoms with E-state index >= 15 is 0 Å². The molecule has 0 atom stereocenters. The average molecular weight is 242 g/mol. The average Bonchev–Trinajstić information content (AvgIpc) is 2.09. The highest BCUT2D eigenvalue weighted by molar-refractivity contribution is 7.48. The van der Waals surface area contributed by atoms with Gasteiger partial charge >= 0.3 is 13.9 Å². The summed E-state index contributed by atoms with van der Waals surface area (Å²) in [6.07, 6.45) is -1.12. The number of hydrogen-bond acceptors (Lipinski definition) is 4. The largest absolute Gasteiger partial charge is 0.480 e. The van der Waals surface area contributed by atoms with Gasteiger partial charge in [0.15, 0.2) is 0 Å². The van der Waals surface area contributed by atoms with E-state index in [2.05, 4.69) is 26.7 Å². The highest BCUT2D eigenvalue weighted by Gasteiger charge is 2.38. The van der Waals surface area contributed by atoms with Crippen LogP contribution in [0, 0.1) is 0 Å². The van der Waals surface area contributed by atoms with Crippen LogP contribution in [0.3, 0.4) is 0 Å². The van der Waals surface area contributed by atoms with Gasteiger partial charge in [0.1, 0.15) is 0 Å². The molecular weight excluding hydrogens is 229 g/mol. The molecule has 0 saturated heterocycles. The van der Waals surface area contributed by atoms with Crippen molar-refractivity contribution in [1.82, 2.24) is 0 Å². The van der Waals surface area contributed by atoms with E-state index in [-0.39, 0.29) is 13.2 Å². The first-order valence-corrected chi connectivity index (χ1v) is 5.48. The maximum absolute atomic E-state index is 12.5. The molecule has 15 heavy (non-hydrogen) atoms.